The number of esters is 1. The van der Waals surface area contributed by atoms with Crippen molar-refractivity contribution in [2.75, 3.05) is 17.2 Å². The summed E-state index contributed by atoms with van der Waals surface area (Å²) in [5, 5.41) is 4.76. The van der Waals surface area contributed by atoms with Gasteiger partial charge in [-0.1, -0.05) is 63.8 Å². The van der Waals surface area contributed by atoms with Crippen molar-refractivity contribution in [3.8, 4) is 0 Å². The second-order valence-corrected chi connectivity index (χ2v) is 13.6. The first-order valence-corrected chi connectivity index (χ1v) is 17.4. The number of benzene rings is 3. The Bertz CT molecular complexity index is 2040. The van der Waals surface area contributed by atoms with E-state index in [0.29, 0.717) is 31.2 Å². The second-order valence-electron chi connectivity index (χ2n) is 12.1. The Morgan fingerprint density at radius 2 is 1.70 bits per heavy atom. The van der Waals surface area contributed by atoms with E-state index in [2.05, 4.69) is 10.6 Å². The average molecular weight is 657 g/mol. The standard InChI is InChI=1S/C36H36N2O8S/c1-4-7-15-36(16-8-5-2)32(40)23-13-14-24-28(39)25-17-21(34(42)45-6-3)18-26(29(25)46-30(24)27(23)38-35(36)43)37-33(41)31-22-12-10-9-11-20(22)19-47(31)44/h9-14,17-18,31H,4-8,15-16,19H2,1-3H3,(H,37,41)(H,38,43)/t31-,47?/m1/s1. The van der Waals surface area contributed by atoms with E-state index in [1.54, 1.807) is 25.1 Å². The van der Waals surface area contributed by atoms with Gasteiger partial charge in [0.25, 0.3) is 0 Å². The first-order chi connectivity index (χ1) is 22.6. The second kappa shape index (κ2) is 12.9. The van der Waals surface area contributed by atoms with Gasteiger partial charge >= 0.3 is 5.97 Å². The van der Waals surface area contributed by atoms with Gasteiger partial charge in [0.05, 0.1) is 40.1 Å². The lowest BCUT2D eigenvalue weighted by molar-refractivity contribution is -0.124. The number of anilines is 2. The first-order valence-electron chi connectivity index (χ1n) is 16.0. The topological polar surface area (TPSA) is 149 Å². The van der Waals surface area contributed by atoms with E-state index in [-0.39, 0.29) is 62.6 Å². The van der Waals surface area contributed by atoms with E-state index in [0.717, 1.165) is 18.4 Å². The van der Waals surface area contributed by atoms with Gasteiger partial charge in [0, 0.05) is 16.4 Å². The number of fused-ring (bicyclic) bond motifs is 5. The number of unbranched alkanes of at least 4 members (excludes halogenated alkanes) is 2. The highest BCUT2D eigenvalue weighted by Crippen LogP contribution is 2.44. The summed E-state index contributed by atoms with van der Waals surface area (Å²) >= 11 is 0. The number of rotatable bonds is 10. The van der Waals surface area contributed by atoms with Crippen LogP contribution in [0.25, 0.3) is 21.9 Å². The van der Waals surface area contributed by atoms with Gasteiger partial charge in [-0.05, 0) is 55.2 Å². The molecule has 1 unspecified atom stereocenters. The molecule has 2 N–H and O–H groups in total. The molecule has 4 aromatic rings. The Kier molecular flexibility index (Phi) is 8.84. The quantitative estimate of drug-likeness (QED) is 0.111. The molecule has 2 aliphatic heterocycles. The van der Waals surface area contributed by atoms with Crippen molar-refractivity contribution in [3.63, 3.8) is 0 Å². The Morgan fingerprint density at radius 3 is 2.40 bits per heavy atom. The van der Waals surface area contributed by atoms with Crippen LogP contribution in [-0.2, 0) is 30.9 Å². The van der Waals surface area contributed by atoms with Crippen LogP contribution < -0.4 is 16.1 Å². The predicted octanol–water partition coefficient (Wildman–Crippen LogP) is 6.57. The van der Waals surface area contributed by atoms with E-state index in [1.165, 1.54) is 18.2 Å². The maximum absolute atomic E-state index is 14.1. The van der Waals surface area contributed by atoms with Crippen LogP contribution in [0.15, 0.2) is 57.7 Å². The number of Topliss-reactive ketones (excluding diaryl/α,β-unsaturated/α-hetero) is 1. The molecule has 47 heavy (non-hydrogen) atoms. The van der Waals surface area contributed by atoms with Gasteiger partial charge < -0.3 is 19.8 Å². The molecule has 0 spiro atoms. The van der Waals surface area contributed by atoms with Crippen LogP contribution in [-0.4, -0.2) is 34.4 Å². The summed E-state index contributed by atoms with van der Waals surface area (Å²) in [6.07, 6.45) is 3.86. The zero-order valence-electron chi connectivity index (χ0n) is 26.5. The summed E-state index contributed by atoms with van der Waals surface area (Å²) in [5.74, 6) is -1.83. The first kappa shape index (κ1) is 32.3. The van der Waals surface area contributed by atoms with E-state index in [9.17, 15) is 28.2 Å². The number of carbonyl (C=O) groups excluding carboxylic acids is 4. The maximum atomic E-state index is 14.1. The fraction of sp³-hybridized carbons (Fsp3) is 0.361. The number of amides is 2. The molecular weight excluding hydrogens is 620 g/mol. The van der Waals surface area contributed by atoms with E-state index in [4.69, 9.17) is 9.15 Å². The number of hydrogen-bond donors (Lipinski definition) is 2. The summed E-state index contributed by atoms with van der Waals surface area (Å²) in [6, 6.07) is 12.9. The zero-order chi connectivity index (χ0) is 33.5. The van der Waals surface area contributed by atoms with Crippen LogP contribution in [0.1, 0.15) is 96.4 Å². The van der Waals surface area contributed by atoms with E-state index >= 15 is 0 Å². The van der Waals surface area contributed by atoms with Gasteiger partial charge in [-0.25, -0.2) is 4.79 Å². The highest BCUT2D eigenvalue weighted by molar-refractivity contribution is 7.85. The number of carbonyl (C=O) groups is 4. The summed E-state index contributed by atoms with van der Waals surface area (Å²) in [6.45, 7) is 5.74. The Hall–Kier alpha value is -4.64. The number of ether oxygens (including phenoxy) is 1. The summed E-state index contributed by atoms with van der Waals surface area (Å²) in [4.78, 5) is 68.5. The maximum Gasteiger partial charge on any atom is 0.338 e. The molecule has 0 aliphatic carbocycles. The monoisotopic (exact) mass is 656 g/mol. The van der Waals surface area contributed by atoms with Crippen molar-refractivity contribution >= 4 is 67.7 Å². The molecule has 0 radical (unpaired) electrons. The smallest absolute Gasteiger partial charge is 0.338 e. The molecule has 6 rings (SSSR count). The SMILES string of the molecule is CCCCC1(CCCC)C(=O)Nc2c(ccc3c(=O)c4cc(C(=O)OCC)cc(NC(=O)[C@H]5c6ccccc6CS5=O)c4oc23)C1=O. The van der Waals surface area contributed by atoms with Crippen LogP contribution in [0, 0.1) is 5.41 Å². The fourth-order valence-corrected chi connectivity index (χ4v) is 8.20. The Morgan fingerprint density at radius 1 is 0.979 bits per heavy atom. The molecule has 3 heterocycles. The molecule has 1 aromatic heterocycles. The molecule has 10 nitrogen and oxygen atoms in total. The molecule has 244 valence electrons. The summed E-state index contributed by atoms with van der Waals surface area (Å²) in [5.41, 5.74) is -0.0623. The lowest BCUT2D eigenvalue weighted by Gasteiger charge is -2.35. The molecule has 3 aromatic carbocycles. The van der Waals surface area contributed by atoms with Crippen molar-refractivity contribution < 1.29 is 32.5 Å². The zero-order valence-corrected chi connectivity index (χ0v) is 27.3. The lowest BCUT2D eigenvalue weighted by Crippen LogP contribution is -2.47. The molecule has 0 bridgehead atoms. The van der Waals surface area contributed by atoms with Crippen molar-refractivity contribution in [1.29, 1.82) is 0 Å². The van der Waals surface area contributed by atoms with Crippen LogP contribution >= 0.6 is 0 Å². The van der Waals surface area contributed by atoms with Crippen LogP contribution in [0.5, 0.6) is 0 Å². The minimum Gasteiger partial charge on any atom is -0.462 e. The van der Waals surface area contributed by atoms with E-state index < -0.39 is 44.7 Å². The molecule has 0 saturated carbocycles. The Labute approximate surface area is 273 Å². The fourth-order valence-electron chi connectivity index (χ4n) is 6.65. The third kappa shape index (κ3) is 5.46. The summed E-state index contributed by atoms with van der Waals surface area (Å²) in [7, 11) is -1.54. The van der Waals surface area contributed by atoms with Crippen molar-refractivity contribution in [3.05, 3.63) is 81.0 Å². The highest BCUT2D eigenvalue weighted by atomic mass is 32.2. The normalized spacial score (nSPS) is 18.1. The van der Waals surface area contributed by atoms with Gasteiger partial charge in [0.15, 0.2) is 16.9 Å². The molecule has 2 aliphatic rings. The van der Waals surface area contributed by atoms with Crippen LogP contribution in [0.4, 0.5) is 11.4 Å². The molecule has 2 atom stereocenters. The largest absolute Gasteiger partial charge is 0.462 e. The van der Waals surface area contributed by atoms with Gasteiger partial charge in [-0.15, -0.1) is 0 Å². The molecule has 0 fully saturated rings. The predicted molar refractivity (Wildman–Crippen MR) is 180 cm³/mol. The number of nitrogens with one attached hydrogen (secondary N) is 2. The van der Waals surface area contributed by atoms with Gasteiger partial charge in [0.1, 0.15) is 10.7 Å². The van der Waals surface area contributed by atoms with Crippen LogP contribution in [0.3, 0.4) is 0 Å². The third-order valence-electron chi connectivity index (χ3n) is 9.11. The Balaban J connectivity index is 1.52. The minimum atomic E-state index is -1.54. The van der Waals surface area contributed by atoms with Crippen LogP contribution in [0.2, 0.25) is 0 Å². The van der Waals surface area contributed by atoms with E-state index in [1.807, 2.05) is 26.0 Å². The minimum absolute atomic E-state index is 0.00678. The number of hydrogen-bond acceptors (Lipinski definition) is 8. The lowest BCUT2D eigenvalue weighted by atomic mass is 9.69. The molecule has 2 amide bonds. The van der Waals surface area contributed by atoms with Gasteiger partial charge in [-0.3, -0.25) is 23.4 Å². The molecule has 0 saturated heterocycles. The molecule has 11 heteroatoms. The average Bonchev–Trinajstić information content (AvgIpc) is 3.40. The van der Waals surface area contributed by atoms with Crippen molar-refractivity contribution in [2.45, 2.75) is 70.3 Å². The highest BCUT2D eigenvalue weighted by Gasteiger charge is 2.49. The van der Waals surface area contributed by atoms with Crippen molar-refractivity contribution in [1.82, 2.24) is 0 Å². The van der Waals surface area contributed by atoms with Gasteiger partial charge in [0.2, 0.25) is 17.2 Å². The molecular formula is C36H36N2O8S. The van der Waals surface area contributed by atoms with Gasteiger partial charge in [-0.2, -0.15) is 0 Å². The summed E-state index contributed by atoms with van der Waals surface area (Å²) < 4.78 is 24.6. The van der Waals surface area contributed by atoms with Crippen molar-refractivity contribution in [2.24, 2.45) is 5.41 Å². The third-order valence-corrected chi connectivity index (χ3v) is 10.7. The number of ketones is 1.